The number of halogens is 1. The molecule has 0 aliphatic carbocycles. The number of carbonyl (C=O) groups is 1. The van der Waals surface area contributed by atoms with Crippen molar-refractivity contribution in [2.24, 2.45) is 11.8 Å². The van der Waals surface area contributed by atoms with Crippen molar-refractivity contribution in [3.05, 3.63) is 29.8 Å². The second-order valence-electron chi connectivity index (χ2n) is 5.51. The average molecular weight is 340 g/mol. The Labute approximate surface area is 129 Å². The second-order valence-corrected chi connectivity index (χ2v) is 6.16. The molecule has 3 nitrogen and oxygen atoms in total. The normalized spacial score (nSPS) is 18.8. The molecule has 0 saturated heterocycles. The molecule has 2 atom stereocenters. The van der Waals surface area contributed by atoms with Gasteiger partial charge in [-0.2, -0.15) is 0 Å². The van der Waals surface area contributed by atoms with E-state index in [1.807, 2.05) is 24.3 Å². The molecule has 0 saturated carbocycles. The topological polar surface area (TPSA) is 38.3 Å². The SMILES string of the molecule is CC(CBr)CCCNC(=O)C1COc2ccccc2C1. The van der Waals surface area contributed by atoms with Crippen molar-refractivity contribution in [2.75, 3.05) is 18.5 Å². The lowest BCUT2D eigenvalue weighted by molar-refractivity contribution is -0.126. The minimum absolute atomic E-state index is 0.0569. The Balaban J connectivity index is 1.74. The average Bonchev–Trinajstić information content (AvgIpc) is 2.50. The summed E-state index contributed by atoms with van der Waals surface area (Å²) in [5, 5.41) is 4.05. The van der Waals surface area contributed by atoms with E-state index in [1.165, 1.54) is 0 Å². The van der Waals surface area contributed by atoms with Crippen LogP contribution in [0.4, 0.5) is 0 Å². The molecule has 1 aromatic carbocycles. The predicted octanol–water partition coefficient (Wildman–Crippen LogP) is 3.17. The number of ether oxygens (including phenoxy) is 1. The maximum absolute atomic E-state index is 12.1. The van der Waals surface area contributed by atoms with Crippen LogP contribution in [0.15, 0.2) is 24.3 Å². The van der Waals surface area contributed by atoms with E-state index in [0.717, 1.165) is 42.5 Å². The molecule has 0 bridgehead atoms. The Bertz CT molecular complexity index is 450. The van der Waals surface area contributed by atoms with Gasteiger partial charge in [-0.05, 0) is 36.8 Å². The number of carbonyl (C=O) groups excluding carboxylic acids is 1. The van der Waals surface area contributed by atoms with Gasteiger partial charge in [-0.1, -0.05) is 41.1 Å². The van der Waals surface area contributed by atoms with Gasteiger partial charge in [-0.3, -0.25) is 4.79 Å². The van der Waals surface area contributed by atoms with Crippen molar-refractivity contribution in [1.82, 2.24) is 5.32 Å². The van der Waals surface area contributed by atoms with Gasteiger partial charge in [0, 0.05) is 11.9 Å². The zero-order valence-corrected chi connectivity index (χ0v) is 13.5. The summed E-state index contributed by atoms with van der Waals surface area (Å²) in [4.78, 5) is 12.1. The summed E-state index contributed by atoms with van der Waals surface area (Å²) in [6, 6.07) is 7.95. The molecule has 4 heteroatoms. The van der Waals surface area contributed by atoms with Crippen LogP contribution in [0.5, 0.6) is 5.75 Å². The number of amides is 1. The second kappa shape index (κ2) is 7.67. The van der Waals surface area contributed by atoms with E-state index < -0.39 is 0 Å². The Morgan fingerprint density at radius 2 is 2.30 bits per heavy atom. The monoisotopic (exact) mass is 339 g/mol. The van der Waals surface area contributed by atoms with Gasteiger partial charge in [0.1, 0.15) is 12.4 Å². The Morgan fingerprint density at radius 3 is 3.10 bits per heavy atom. The highest BCUT2D eigenvalue weighted by atomic mass is 79.9. The number of hydrogen-bond donors (Lipinski definition) is 1. The highest BCUT2D eigenvalue weighted by Gasteiger charge is 2.25. The maximum atomic E-state index is 12.1. The zero-order valence-electron chi connectivity index (χ0n) is 11.9. The summed E-state index contributed by atoms with van der Waals surface area (Å²) < 4.78 is 5.65. The largest absolute Gasteiger partial charge is 0.492 e. The molecule has 1 heterocycles. The quantitative estimate of drug-likeness (QED) is 0.638. The summed E-state index contributed by atoms with van der Waals surface area (Å²) >= 11 is 3.47. The van der Waals surface area contributed by atoms with E-state index >= 15 is 0 Å². The lowest BCUT2D eigenvalue weighted by Gasteiger charge is -2.24. The molecule has 0 aromatic heterocycles. The zero-order chi connectivity index (χ0) is 14.4. The first kappa shape index (κ1) is 15.4. The molecule has 1 aromatic rings. The Morgan fingerprint density at radius 1 is 1.50 bits per heavy atom. The van der Waals surface area contributed by atoms with Gasteiger partial charge in [0.25, 0.3) is 0 Å². The first-order valence-electron chi connectivity index (χ1n) is 7.25. The summed E-state index contributed by atoms with van der Waals surface area (Å²) in [6.45, 7) is 3.46. The van der Waals surface area contributed by atoms with Crippen LogP contribution in [0.2, 0.25) is 0 Å². The van der Waals surface area contributed by atoms with Crippen molar-refractivity contribution < 1.29 is 9.53 Å². The number of fused-ring (bicyclic) bond motifs is 1. The minimum Gasteiger partial charge on any atom is -0.492 e. The summed E-state index contributed by atoms with van der Waals surface area (Å²) in [5.41, 5.74) is 1.13. The molecule has 110 valence electrons. The van der Waals surface area contributed by atoms with E-state index in [4.69, 9.17) is 4.74 Å². The van der Waals surface area contributed by atoms with Gasteiger partial charge in [0.2, 0.25) is 5.91 Å². The first-order valence-corrected chi connectivity index (χ1v) is 8.37. The van der Waals surface area contributed by atoms with Crippen LogP contribution < -0.4 is 10.1 Å². The van der Waals surface area contributed by atoms with Gasteiger partial charge in [-0.25, -0.2) is 0 Å². The van der Waals surface area contributed by atoms with Gasteiger partial charge >= 0.3 is 0 Å². The van der Waals surface area contributed by atoms with Gasteiger partial charge in [-0.15, -0.1) is 0 Å². The number of hydrogen-bond acceptors (Lipinski definition) is 2. The van der Waals surface area contributed by atoms with Crippen LogP contribution in [0.25, 0.3) is 0 Å². The van der Waals surface area contributed by atoms with Crippen molar-refractivity contribution in [1.29, 1.82) is 0 Å². The van der Waals surface area contributed by atoms with Crippen molar-refractivity contribution in [2.45, 2.75) is 26.2 Å². The van der Waals surface area contributed by atoms with E-state index in [1.54, 1.807) is 0 Å². The van der Waals surface area contributed by atoms with Crippen molar-refractivity contribution in [3.63, 3.8) is 0 Å². The lowest BCUT2D eigenvalue weighted by Crippen LogP contribution is -2.37. The van der Waals surface area contributed by atoms with Crippen molar-refractivity contribution >= 4 is 21.8 Å². The number of rotatable bonds is 6. The molecule has 2 rings (SSSR count). The van der Waals surface area contributed by atoms with Crippen LogP contribution in [-0.2, 0) is 11.2 Å². The van der Waals surface area contributed by atoms with E-state index in [9.17, 15) is 4.79 Å². The number of alkyl halides is 1. The molecule has 1 aliphatic rings. The van der Waals surface area contributed by atoms with Crippen LogP contribution in [0, 0.1) is 11.8 Å². The first-order chi connectivity index (χ1) is 9.70. The third kappa shape index (κ3) is 4.23. The maximum Gasteiger partial charge on any atom is 0.226 e. The van der Waals surface area contributed by atoms with Crippen LogP contribution >= 0.6 is 15.9 Å². The molecule has 1 amide bonds. The molecule has 20 heavy (non-hydrogen) atoms. The molecule has 1 N–H and O–H groups in total. The highest BCUT2D eigenvalue weighted by molar-refractivity contribution is 9.09. The number of nitrogens with one attached hydrogen (secondary N) is 1. The van der Waals surface area contributed by atoms with Crippen LogP contribution in [0.1, 0.15) is 25.3 Å². The predicted molar refractivity (Wildman–Crippen MR) is 84.3 cm³/mol. The molecule has 0 radical (unpaired) electrons. The van der Waals surface area contributed by atoms with E-state index in [-0.39, 0.29) is 11.8 Å². The molecule has 2 unspecified atom stereocenters. The Kier molecular flexibility index (Phi) is 5.89. The Hall–Kier alpha value is -1.03. The number of benzene rings is 1. The fourth-order valence-corrected chi connectivity index (χ4v) is 2.70. The molecular weight excluding hydrogens is 318 g/mol. The fraction of sp³-hybridized carbons (Fsp3) is 0.562. The lowest BCUT2D eigenvalue weighted by atomic mass is 9.96. The van der Waals surface area contributed by atoms with E-state index in [0.29, 0.717) is 12.5 Å². The molecular formula is C16H22BrNO2. The molecule has 0 spiro atoms. The highest BCUT2D eigenvalue weighted by Crippen LogP contribution is 2.26. The number of para-hydroxylation sites is 1. The third-order valence-electron chi connectivity index (χ3n) is 3.69. The van der Waals surface area contributed by atoms with Gasteiger partial charge in [0.05, 0.1) is 5.92 Å². The van der Waals surface area contributed by atoms with Gasteiger partial charge < -0.3 is 10.1 Å². The summed E-state index contributed by atoms with van der Waals surface area (Å²) in [5.74, 6) is 1.64. The summed E-state index contributed by atoms with van der Waals surface area (Å²) in [6.07, 6.45) is 2.94. The fourth-order valence-electron chi connectivity index (χ4n) is 2.38. The van der Waals surface area contributed by atoms with Gasteiger partial charge in [0.15, 0.2) is 0 Å². The van der Waals surface area contributed by atoms with Crippen LogP contribution in [-0.4, -0.2) is 24.4 Å². The standard InChI is InChI=1S/C16H22BrNO2/c1-12(10-17)5-4-8-18-16(19)14-9-13-6-2-3-7-15(13)20-11-14/h2-3,6-7,12,14H,4-5,8-11H2,1H3,(H,18,19). The smallest absolute Gasteiger partial charge is 0.226 e. The summed E-state index contributed by atoms with van der Waals surface area (Å²) in [7, 11) is 0. The van der Waals surface area contributed by atoms with E-state index in [2.05, 4.69) is 28.2 Å². The molecule has 0 fully saturated rings. The third-order valence-corrected chi connectivity index (χ3v) is 4.79. The molecule has 1 aliphatic heterocycles. The minimum atomic E-state index is -0.0569. The van der Waals surface area contributed by atoms with Crippen LogP contribution in [0.3, 0.4) is 0 Å². The van der Waals surface area contributed by atoms with Crippen molar-refractivity contribution in [3.8, 4) is 5.75 Å².